The zero-order chi connectivity index (χ0) is 12.1. The molecule has 0 bridgehead atoms. The lowest BCUT2D eigenvalue weighted by Gasteiger charge is -2.16. The predicted octanol–water partition coefficient (Wildman–Crippen LogP) is 2.85. The van der Waals surface area contributed by atoms with Gasteiger partial charge in [0.1, 0.15) is 0 Å². The number of hydrogen-bond acceptors (Lipinski definition) is 3. The van der Waals surface area contributed by atoms with Crippen LogP contribution in [0.3, 0.4) is 0 Å². The molecule has 2 rings (SSSR count). The minimum absolute atomic E-state index is 0.148. The first-order valence-corrected chi connectivity index (χ1v) is 7.60. The molecule has 0 N–H and O–H groups in total. The van der Waals surface area contributed by atoms with Crippen LogP contribution in [-0.4, -0.2) is 29.2 Å². The van der Waals surface area contributed by atoms with Crippen molar-refractivity contribution < 1.29 is 4.79 Å². The molecule has 0 radical (unpaired) electrons. The summed E-state index contributed by atoms with van der Waals surface area (Å²) in [4.78, 5) is 14.1. The van der Waals surface area contributed by atoms with Crippen molar-refractivity contribution in [2.45, 2.75) is 18.1 Å². The lowest BCUT2D eigenvalue weighted by atomic mass is 10.3. The van der Waals surface area contributed by atoms with Crippen molar-refractivity contribution in [1.82, 2.24) is 0 Å². The number of thioether (sulfide) groups is 1. The molecule has 17 heavy (non-hydrogen) atoms. The molecule has 1 atom stereocenters. The Hall–Kier alpha value is -0.610. The average molecular weight is 267 g/mol. The summed E-state index contributed by atoms with van der Waals surface area (Å²) in [5.74, 6) is 2.19. The molecule has 1 saturated heterocycles. The number of para-hydroxylation sites is 1. The molecular weight excluding hydrogens is 250 g/mol. The largest absolute Gasteiger partial charge is 0.311 e. The summed E-state index contributed by atoms with van der Waals surface area (Å²) >= 11 is 5.96. The molecule has 1 fully saturated rings. The number of anilines is 1. The average Bonchev–Trinajstić information content (AvgIpc) is 2.73. The Balaban J connectivity index is 1.94. The second-order valence-corrected chi connectivity index (χ2v) is 5.81. The van der Waals surface area contributed by atoms with Crippen LogP contribution < -0.4 is 4.90 Å². The summed E-state index contributed by atoms with van der Waals surface area (Å²) in [6.07, 6.45) is 2.04. The maximum absolute atomic E-state index is 12.2. The number of thiol groups is 1. The van der Waals surface area contributed by atoms with Gasteiger partial charge in [-0.3, -0.25) is 4.79 Å². The van der Waals surface area contributed by atoms with Crippen molar-refractivity contribution in [3.63, 3.8) is 0 Å². The fraction of sp³-hybridized carbons (Fsp3) is 0.462. The Morgan fingerprint density at radius 3 is 2.82 bits per heavy atom. The third-order valence-corrected chi connectivity index (χ3v) is 4.53. The van der Waals surface area contributed by atoms with Gasteiger partial charge in [0.05, 0.1) is 5.25 Å². The normalized spacial score (nSPS) is 19.9. The zero-order valence-corrected chi connectivity index (χ0v) is 11.4. The maximum Gasteiger partial charge on any atom is 0.240 e. The van der Waals surface area contributed by atoms with E-state index in [-0.39, 0.29) is 11.2 Å². The SMILES string of the molecule is O=C1C(SCCCS)CCN1c1ccccc1. The topological polar surface area (TPSA) is 20.3 Å². The summed E-state index contributed by atoms with van der Waals surface area (Å²) in [7, 11) is 0. The van der Waals surface area contributed by atoms with Crippen molar-refractivity contribution >= 4 is 36.0 Å². The van der Waals surface area contributed by atoms with Crippen molar-refractivity contribution in [1.29, 1.82) is 0 Å². The Morgan fingerprint density at radius 2 is 2.12 bits per heavy atom. The molecule has 0 aliphatic carbocycles. The van der Waals surface area contributed by atoms with Gasteiger partial charge in [-0.25, -0.2) is 0 Å². The van der Waals surface area contributed by atoms with Crippen LogP contribution in [0.1, 0.15) is 12.8 Å². The molecule has 1 aliphatic rings. The first-order chi connectivity index (χ1) is 8.33. The quantitative estimate of drug-likeness (QED) is 0.654. The molecule has 1 aromatic carbocycles. The van der Waals surface area contributed by atoms with E-state index in [9.17, 15) is 4.79 Å². The van der Waals surface area contributed by atoms with E-state index in [0.717, 1.165) is 36.6 Å². The highest BCUT2D eigenvalue weighted by molar-refractivity contribution is 8.00. The predicted molar refractivity (Wildman–Crippen MR) is 78.1 cm³/mol. The van der Waals surface area contributed by atoms with Crippen molar-refractivity contribution in [3.05, 3.63) is 30.3 Å². The summed E-state index contributed by atoms with van der Waals surface area (Å²) in [5.41, 5.74) is 1.02. The summed E-state index contributed by atoms with van der Waals surface area (Å²) in [6, 6.07) is 9.92. The van der Waals surface area contributed by atoms with Crippen LogP contribution in [0, 0.1) is 0 Å². The molecule has 0 saturated carbocycles. The molecule has 4 heteroatoms. The number of carbonyl (C=O) groups is 1. The minimum Gasteiger partial charge on any atom is -0.311 e. The molecule has 1 unspecified atom stereocenters. The monoisotopic (exact) mass is 267 g/mol. The fourth-order valence-corrected chi connectivity index (χ4v) is 3.47. The van der Waals surface area contributed by atoms with E-state index < -0.39 is 0 Å². The van der Waals surface area contributed by atoms with Crippen LogP contribution in [0.4, 0.5) is 5.69 Å². The Kier molecular flexibility index (Phi) is 4.80. The summed E-state index contributed by atoms with van der Waals surface area (Å²) in [5, 5.41) is 0.148. The highest BCUT2D eigenvalue weighted by atomic mass is 32.2. The van der Waals surface area contributed by atoms with E-state index >= 15 is 0 Å². The number of amides is 1. The lowest BCUT2D eigenvalue weighted by molar-refractivity contribution is -0.116. The van der Waals surface area contributed by atoms with Gasteiger partial charge < -0.3 is 4.90 Å². The number of carbonyl (C=O) groups excluding carboxylic acids is 1. The van der Waals surface area contributed by atoms with Gasteiger partial charge in [0.2, 0.25) is 5.91 Å². The van der Waals surface area contributed by atoms with Gasteiger partial charge >= 0.3 is 0 Å². The van der Waals surface area contributed by atoms with Gasteiger partial charge in [-0.15, -0.1) is 11.8 Å². The first-order valence-electron chi connectivity index (χ1n) is 5.92. The molecule has 0 aromatic heterocycles. The van der Waals surface area contributed by atoms with Gasteiger partial charge in [0.15, 0.2) is 0 Å². The van der Waals surface area contributed by atoms with E-state index in [1.807, 2.05) is 35.2 Å². The molecule has 1 amide bonds. The van der Waals surface area contributed by atoms with Crippen LogP contribution in [0.5, 0.6) is 0 Å². The second-order valence-electron chi connectivity index (χ2n) is 4.05. The molecule has 1 heterocycles. The van der Waals surface area contributed by atoms with Crippen LogP contribution in [-0.2, 0) is 4.79 Å². The third-order valence-electron chi connectivity index (χ3n) is 2.85. The van der Waals surface area contributed by atoms with Crippen LogP contribution in [0.2, 0.25) is 0 Å². The second kappa shape index (κ2) is 6.36. The lowest BCUT2D eigenvalue weighted by Crippen LogP contribution is -2.28. The molecular formula is C13H17NOS2. The first kappa shape index (κ1) is 12.8. The van der Waals surface area contributed by atoms with Crippen molar-refractivity contribution in [3.8, 4) is 0 Å². The number of benzene rings is 1. The molecule has 1 aromatic rings. The van der Waals surface area contributed by atoms with E-state index in [2.05, 4.69) is 12.6 Å². The van der Waals surface area contributed by atoms with Gasteiger partial charge in [-0.1, -0.05) is 18.2 Å². The fourth-order valence-electron chi connectivity index (χ4n) is 1.96. The smallest absolute Gasteiger partial charge is 0.240 e. The summed E-state index contributed by atoms with van der Waals surface area (Å²) in [6.45, 7) is 0.849. The van der Waals surface area contributed by atoms with E-state index in [1.165, 1.54) is 0 Å². The van der Waals surface area contributed by atoms with E-state index in [0.29, 0.717) is 0 Å². The Labute approximate surface area is 112 Å². The van der Waals surface area contributed by atoms with Crippen LogP contribution in [0.25, 0.3) is 0 Å². The number of rotatable bonds is 5. The molecule has 1 aliphatic heterocycles. The van der Waals surface area contributed by atoms with Gasteiger partial charge in [-0.05, 0) is 36.5 Å². The third kappa shape index (κ3) is 3.19. The van der Waals surface area contributed by atoms with Gasteiger partial charge in [-0.2, -0.15) is 12.6 Å². The van der Waals surface area contributed by atoms with Gasteiger partial charge in [0, 0.05) is 12.2 Å². The zero-order valence-electron chi connectivity index (χ0n) is 9.71. The molecule has 0 spiro atoms. The van der Waals surface area contributed by atoms with Crippen LogP contribution in [0.15, 0.2) is 30.3 Å². The van der Waals surface area contributed by atoms with Gasteiger partial charge in [0.25, 0.3) is 0 Å². The van der Waals surface area contributed by atoms with Crippen LogP contribution >= 0.6 is 24.4 Å². The number of nitrogens with zero attached hydrogens (tertiary/aromatic N) is 1. The standard InChI is InChI=1S/C13H17NOS2/c15-13-12(17-10-4-9-16)7-8-14(13)11-5-2-1-3-6-11/h1-3,5-6,12,16H,4,7-10H2. The highest BCUT2D eigenvalue weighted by Crippen LogP contribution is 2.28. The molecule has 2 nitrogen and oxygen atoms in total. The Morgan fingerprint density at radius 1 is 1.35 bits per heavy atom. The maximum atomic E-state index is 12.2. The van der Waals surface area contributed by atoms with Crippen molar-refractivity contribution in [2.75, 3.05) is 23.0 Å². The van der Waals surface area contributed by atoms with Crippen molar-refractivity contribution in [2.24, 2.45) is 0 Å². The Bertz CT molecular complexity index is 369. The van der Waals surface area contributed by atoms with E-state index in [4.69, 9.17) is 0 Å². The molecule has 92 valence electrons. The number of hydrogen-bond donors (Lipinski definition) is 1. The van der Waals surface area contributed by atoms with E-state index in [1.54, 1.807) is 11.8 Å². The minimum atomic E-state index is 0.148. The highest BCUT2D eigenvalue weighted by Gasteiger charge is 2.32. The summed E-state index contributed by atoms with van der Waals surface area (Å²) < 4.78 is 0.